The van der Waals surface area contributed by atoms with Gasteiger partial charge in [-0.3, -0.25) is 0 Å². The van der Waals surface area contributed by atoms with Crippen molar-refractivity contribution in [1.82, 2.24) is 0 Å². The Morgan fingerprint density at radius 1 is 0.500 bits per heavy atom. The zero-order valence-electron chi connectivity index (χ0n) is 12.6. The van der Waals surface area contributed by atoms with Gasteiger partial charge in [-0.05, 0) is 0 Å². The Bertz CT molecular complexity index is 195. The summed E-state index contributed by atoms with van der Waals surface area (Å²) in [7, 11) is -3.92. The fourth-order valence-corrected chi connectivity index (χ4v) is 1.06. The van der Waals surface area contributed by atoms with Crippen LogP contribution in [0.1, 0.15) is 0 Å². The first kappa shape index (κ1) is 63.7. The Labute approximate surface area is 179 Å². The van der Waals surface area contributed by atoms with Gasteiger partial charge in [0.1, 0.15) is 0 Å². The fraction of sp³-hybridized carbons (Fsp3) is 0. The summed E-state index contributed by atoms with van der Waals surface area (Å²) in [5, 5.41) is 35.9. The zero-order chi connectivity index (χ0) is 9.69. The van der Waals surface area contributed by atoms with Crippen molar-refractivity contribution in [2.45, 2.75) is 0 Å². The van der Waals surface area contributed by atoms with Gasteiger partial charge in [0.05, 0.1) is 0 Å². The summed E-state index contributed by atoms with van der Waals surface area (Å²) in [6.07, 6.45) is 0. The first-order valence-electron chi connectivity index (χ1n) is 3.39. The molecule has 0 saturated carbocycles. The third-order valence-corrected chi connectivity index (χ3v) is 1.50. The third kappa shape index (κ3) is 15.8. The van der Waals surface area contributed by atoms with Gasteiger partial charge in [0.2, 0.25) is 0 Å². The van der Waals surface area contributed by atoms with Crippen LogP contribution in [-0.4, -0.2) is 97.9 Å². The molecular formula is H22B4Na2O18. The summed E-state index contributed by atoms with van der Waals surface area (Å²) in [4.78, 5) is 0. The molecule has 0 unspecified atom stereocenters. The topological polar surface area (TPSA) is 411 Å². The molecule has 0 aliphatic carbocycles. The maximum Gasteiger partial charge on any atom is 1.00 e. The molecule has 18 nitrogen and oxygen atoms in total. The molecule has 2 heterocycles. The summed E-state index contributed by atoms with van der Waals surface area (Å²) >= 11 is 0. The molecule has 2 saturated heterocycles. The number of rotatable bonds is 0. The van der Waals surface area contributed by atoms with E-state index in [-0.39, 0.29) is 108 Å². The Hall–Kier alpha value is 1.54. The van der Waals surface area contributed by atoms with E-state index >= 15 is 0 Å². The van der Waals surface area contributed by atoms with Crippen molar-refractivity contribution in [3.63, 3.8) is 0 Å². The smallest absolute Gasteiger partial charge is 0.679 e. The first-order valence-corrected chi connectivity index (χ1v) is 3.39. The van der Waals surface area contributed by atoms with Gasteiger partial charge in [0, 0.05) is 0 Å². The quantitative estimate of drug-likeness (QED) is 0.280. The van der Waals surface area contributed by atoms with E-state index in [1.807, 2.05) is 0 Å². The molecular weight excluding hydrogens is 377 g/mol. The predicted molar refractivity (Wildman–Crippen MR) is 69.8 cm³/mol. The second kappa shape index (κ2) is 22.6. The van der Waals surface area contributed by atoms with Crippen LogP contribution in [0.2, 0.25) is 0 Å². The second-order valence-corrected chi connectivity index (χ2v) is 2.50. The molecule has 2 aliphatic rings. The molecule has 2 rings (SSSR count). The average Bonchev–Trinajstić information content (AvgIpc) is 1.75. The first-order chi connectivity index (χ1) is 5.91. The minimum atomic E-state index is -3.45. The van der Waals surface area contributed by atoms with E-state index < -0.39 is 28.6 Å². The van der Waals surface area contributed by atoms with Crippen molar-refractivity contribution < 1.29 is 151 Å². The second-order valence-electron chi connectivity index (χ2n) is 2.50. The van der Waals surface area contributed by atoms with Gasteiger partial charge in [0.25, 0.3) is 0 Å². The van der Waals surface area contributed by atoms with E-state index in [0.717, 1.165) is 0 Å². The molecule has 0 atom stereocenters. The maximum absolute atomic E-state index is 9.18. The third-order valence-electron chi connectivity index (χ3n) is 1.50. The number of hydrogen-bond donors (Lipinski definition) is 4. The molecule has 2 bridgehead atoms. The van der Waals surface area contributed by atoms with Crippen LogP contribution in [0.15, 0.2) is 0 Å². The van der Waals surface area contributed by atoms with Gasteiger partial charge in [0.15, 0.2) is 0 Å². The summed E-state index contributed by atoms with van der Waals surface area (Å²) in [5.74, 6) is 0. The van der Waals surface area contributed by atoms with Crippen molar-refractivity contribution in [1.29, 1.82) is 0 Å². The molecule has 0 aromatic rings. The molecule has 144 valence electrons. The standard InChI is InChI=1S/B4H4O9.2Na.9H2O/c5-1-9-3(7)11-2(6)12-4(8,10-1)13-3;;;;;;;;;;;/h5-8H;;;9*1H2/q-2;2*+1;;;;;;;;;. The normalized spacial score (nSPS) is 24.5. The molecule has 0 radical (unpaired) electrons. The molecule has 2 aliphatic heterocycles. The van der Waals surface area contributed by atoms with Crippen LogP contribution in [0.5, 0.6) is 0 Å². The largest absolute Gasteiger partial charge is 1.00 e. The number of fused-ring (bicyclic) bond motifs is 2. The minimum absolute atomic E-state index is 0. The summed E-state index contributed by atoms with van der Waals surface area (Å²) in [5.41, 5.74) is 0. The zero-order valence-corrected chi connectivity index (χ0v) is 16.6. The molecule has 0 spiro atoms. The molecule has 0 aromatic carbocycles. The molecule has 24 heteroatoms. The Balaban J connectivity index is -0.0000000223. The van der Waals surface area contributed by atoms with Gasteiger partial charge in [-0.2, -0.15) is 0 Å². The molecule has 2 fully saturated rings. The fourth-order valence-electron chi connectivity index (χ4n) is 1.06. The Kier molecular flexibility index (Phi) is 59.9. The van der Waals surface area contributed by atoms with Crippen molar-refractivity contribution >= 4 is 28.6 Å². The molecule has 0 amide bonds. The SMILES string of the molecule is O.O.O.O.O.O.O.O.O.OB1O[B-]2(O)OB(O)O[B-](O)(O1)O2.[Na+].[Na+]. The Morgan fingerprint density at radius 2 is 0.667 bits per heavy atom. The van der Waals surface area contributed by atoms with E-state index in [0.29, 0.717) is 0 Å². The average molecular weight is 399 g/mol. The van der Waals surface area contributed by atoms with Crippen molar-refractivity contribution in [3.8, 4) is 0 Å². The van der Waals surface area contributed by atoms with Crippen LogP contribution in [0, 0.1) is 0 Å². The minimum Gasteiger partial charge on any atom is -0.679 e. The van der Waals surface area contributed by atoms with Crippen molar-refractivity contribution in [2.24, 2.45) is 0 Å². The number of hydrogen-bond acceptors (Lipinski definition) is 9. The van der Waals surface area contributed by atoms with Crippen molar-refractivity contribution in [2.75, 3.05) is 0 Å². The van der Waals surface area contributed by atoms with Gasteiger partial charge in [-0.25, -0.2) is 0 Å². The molecule has 0 aromatic heterocycles. The monoisotopic (exact) mass is 400 g/mol. The van der Waals surface area contributed by atoms with Crippen LogP contribution in [0.25, 0.3) is 0 Å². The van der Waals surface area contributed by atoms with Gasteiger partial charge in [-0.15, -0.1) is 0 Å². The van der Waals surface area contributed by atoms with E-state index in [2.05, 4.69) is 22.9 Å². The van der Waals surface area contributed by atoms with Crippen LogP contribution < -0.4 is 59.1 Å². The van der Waals surface area contributed by atoms with Crippen molar-refractivity contribution in [3.05, 3.63) is 0 Å². The van der Waals surface area contributed by atoms with Gasteiger partial charge in [-0.1, -0.05) is 0 Å². The predicted octanol–water partition coefficient (Wildman–Crippen LogP) is -17.5. The van der Waals surface area contributed by atoms with Crippen LogP contribution in [0.4, 0.5) is 0 Å². The van der Waals surface area contributed by atoms with E-state index in [1.165, 1.54) is 0 Å². The van der Waals surface area contributed by atoms with Crippen LogP contribution in [0.3, 0.4) is 0 Å². The van der Waals surface area contributed by atoms with Crippen LogP contribution >= 0.6 is 0 Å². The van der Waals surface area contributed by atoms with Gasteiger partial charge < -0.3 is 92.2 Å². The summed E-state index contributed by atoms with van der Waals surface area (Å²) in [6, 6.07) is 0. The van der Waals surface area contributed by atoms with Crippen LogP contribution in [-0.2, 0) is 22.9 Å². The molecule has 24 heavy (non-hydrogen) atoms. The van der Waals surface area contributed by atoms with Gasteiger partial charge >= 0.3 is 87.7 Å². The summed E-state index contributed by atoms with van der Waals surface area (Å²) in [6.45, 7) is -6.90. The summed E-state index contributed by atoms with van der Waals surface area (Å²) < 4.78 is 21.1. The van der Waals surface area contributed by atoms with E-state index in [9.17, 15) is 10.0 Å². The maximum atomic E-state index is 9.18. The van der Waals surface area contributed by atoms with E-state index in [1.54, 1.807) is 0 Å². The van der Waals surface area contributed by atoms with E-state index in [4.69, 9.17) is 10.0 Å². The Morgan fingerprint density at radius 3 is 0.833 bits per heavy atom. The molecule has 22 N–H and O–H groups in total.